The zero-order valence-electron chi connectivity index (χ0n) is 19.1. The summed E-state index contributed by atoms with van der Waals surface area (Å²) >= 11 is 3.29. The van der Waals surface area contributed by atoms with Gasteiger partial charge >= 0.3 is 0 Å². The third-order valence-electron chi connectivity index (χ3n) is 3.32. The van der Waals surface area contributed by atoms with Crippen LogP contribution in [0.5, 0.6) is 0 Å². The van der Waals surface area contributed by atoms with Crippen LogP contribution in [-0.4, -0.2) is 68.5 Å². The van der Waals surface area contributed by atoms with Crippen molar-refractivity contribution in [1.29, 1.82) is 0 Å². The van der Waals surface area contributed by atoms with E-state index in [2.05, 4.69) is 61.7 Å². The second-order valence-electron chi connectivity index (χ2n) is 6.17. The van der Waals surface area contributed by atoms with Gasteiger partial charge < -0.3 is 24.7 Å². The van der Waals surface area contributed by atoms with Gasteiger partial charge in [0.2, 0.25) is 0 Å². The maximum atomic E-state index is 11.2. The summed E-state index contributed by atoms with van der Waals surface area (Å²) in [6, 6.07) is 5.41. The molecule has 1 aliphatic heterocycles. The third kappa shape index (κ3) is 19.9. The maximum Gasteiger partial charge on any atom is 0.292 e. The summed E-state index contributed by atoms with van der Waals surface area (Å²) in [5, 5.41) is 3.25. The average Bonchev–Trinajstić information content (AvgIpc) is 3.22. The van der Waals surface area contributed by atoms with Gasteiger partial charge in [0, 0.05) is 4.47 Å². The minimum absolute atomic E-state index is 0. The quantitative estimate of drug-likeness (QED) is 0.598. The summed E-state index contributed by atoms with van der Waals surface area (Å²) in [6.07, 6.45) is 6.30. The van der Waals surface area contributed by atoms with E-state index < -0.39 is 0 Å². The molecule has 2 aromatic rings. The van der Waals surface area contributed by atoms with Crippen molar-refractivity contribution < 1.29 is 14.3 Å². The molecule has 8 nitrogen and oxygen atoms in total. The van der Waals surface area contributed by atoms with Crippen LogP contribution in [0.15, 0.2) is 33.8 Å². The first-order chi connectivity index (χ1) is 14.4. The lowest BCUT2D eigenvalue weighted by molar-refractivity contribution is -0.126. The fourth-order valence-electron chi connectivity index (χ4n) is 2.00. The number of hydrogen-bond donors (Lipinski definition) is 2. The second kappa shape index (κ2) is 24.5. The Bertz CT molecular complexity index is 741. The molecule has 0 amide bonds. The molecule has 0 saturated carbocycles. The normalized spacial score (nSPS) is 11.4. The lowest BCUT2D eigenvalue weighted by atomic mass is 10.2. The molecule has 31 heavy (non-hydrogen) atoms. The van der Waals surface area contributed by atoms with Crippen LogP contribution in [0.4, 0.5) is 0 Å². The Labute approximate surface area is 200 Å². The number of fused-ring (bicyclic) bond motifs is 1. The highest BCUT2D eigenvalue weighted by atomic mass is 79.9. The Balaban J connectivity index is -0.000000353. The minimum atomic E-state index is -0.110. The molecule has 0 atom stereocenters. The first-order valence-electron chi connectivity index (χ1n) is 9.77. The van der Waals surface area contributed by atoms with Crippen LogP contribution in [0.25, 0.3) is 10.9 Å². The number of aromatic nitrogens is 2. The predicted molar refractivity (Wildman–Crippen MR) is 136 cm³/mol. The van der Waals surface area contributed by atoms with Crippen molar-refractivity contribution in [1.82, 2.24) is 20.2 Å². The zero-order valence-corrected chi connectivity index (χ0v) is 21.7. The van der Waals surface area contributed by atoms with Gasteiger partial charge in [0.25, 0.3) is 12.0 Å². The number of carbonyl (C=O) groups is 2. The van der Waals surface area contributed by atoms with Crippen LogP contribution in [0.3, 0.4) is 0 Å². The molecule has 1 aliphatic rings. The van der Waals surface area contributed by atoms with Crippen molar-refractivity contribution in [2.75, 3.05) is 40.8 Å². The number of likely N-dealkylation sites (tertiary alicyclic amines) is 1. The predicted octanol–water partition coefficient (Wildman–Crippen LogP) is 3.12. The molecule has 3 rings (SSSR count). The van der Waals surface area contributed by atoms with Crippen LogP contribution >= 0.6 is 29.4 Å². The van der Waals surface area contributed by atoms with E-state index in [-0.39, 0.29) is 19.1 Å². The van der Waals surface area contributed by atoms with Crippen molar-refractivity contribution in [3.8, 4) is 0 Å². The van der Waals surface area contributed by atoms with Crippen LogP contribution < -0.4 is 10.9 Å². The monoisotopic (exact) mass is 520 g/mol. The van der Waals surface area contributed by atoms with Gasteiger partial charge in [-0.15, -0.1) is 0 Å². The highest BCUT2D eigenvalue weighted by Crippen LogP contribution is 2.13. The number of rotatable bonds is 3. The number of benzene rings is 1. The fraction of sp³-hybridized carbons (Fsp3) is 0.524. The van der Waals surface area contributed by atoms with Crippen molar-refractivity contribution in [3.63, 3.8) is 0 Å². The summed E-state index contributed by atoms with van der Waals surface area (Å²) in [4.78, 5) is 38.4. The Morgan fingerprint density at radius 2 is 1.81 bits per heavy atom. The number of hydrogen-bond acceptors (Lipinski definition) is 7. The van der Waals surface area contributed by atoms with Gasteiger partial charge in [0.15, 0.2) is 0 Å². The van der Waals surface area contributed by atoms with E-state index in [0.29, 0.717) is 23.9 Å². The molecular weight excluding hydrogens is 484 g/mol. The summed E-state index contributed by atoms with van der Waals surface area (Å²) < 4.78 is 4.74. The summed E-state index contributed by atoms with van der Waals surface area (Å²) in [7, 11) is 5.22. The van der Waals surface area contributed by atoms with E-state index in [0.717, 1.165) is 10.8 Å². The van der Waals surface area contributed by atoms with Gasteiger partial charge in [-0.05, 0) is 58.2 Å². The summed E-state index contributed by atoms with van der Waals surface area (Å²) in [5.74, 6) is 0. The van der Waals surface area contributed by atoms with Crippen LogP contribution in [0, 0.1) is 0 Å². The Hall–Kier alpha value is -1.75. The van der Waals surface area contributed by atoms with E-state index in [1.165, 1.54) is 45.8 Å². The van der Waals surface area contributed by atoms with Crippen molar-refractivity contribution in [2.45, 2.75) is 33.1 Å². The molecule has 2 N–H and O–H groups in total. The molecule has 0 aliphatic carbocycles. The van der Waals surface area contributed by atoms with Gasteiger partial charge in [-0.3, -0.25) is 9.59 Å². The Morgan fingerprint density at radius 3 is 2.16 bits per heavy atom. The molecule has 1 fully saturated rings. The van der Waals surface area contributed by atoms with Crippen molar-refractivity contribution >= 4 is 53.1 Å². The van der Waals surface area contributed by atoms with E-state index in [9.17, 15) is 9.59 Å². The highest BCUT2D eigenvalue weighted by molar-refractivity contribution is 9.10. The first-order valence-corrected chi connectivity index (χ1v) is 10.6. The van der Waals surface area contributed by atoms with Crippen LogP contribution in [0.1, 0.15) is 33.1 Å². The number of nitrogens with zero attached hydrogens (tertiary/aromatic N) is 2. The van der Waals surface area contributed by atoms with Gasteiger partial charge in [-0.2, -0.15) is 13.5 Å². The van der Waals surface area contributed by atoms with Crippen molar-refractivity contribution in [3.05, 3.63) is 39.4 Å². The fourth-order valence-corrected chi connectivity index (χ4v) is 2.36. The molecule has 0 unspecified atom stereocenters. The first kappa shape index (κ1) is 33.9. The molecule has 1 saturated heterocycles. The van der Waals surface area contributed by atoms with Crippen molar-refractivity contribution in [2.24, 2.45) is 0 Å². The summed E-state index contributed by atoms with van der Waals surface area (Å²) in [5.41, 5.74) is 0.600. The number of methoxy groups -OCH3 is 1. The van der Waals surface area contributed by atoms with Crippen LogP contribution in [0.2, 0.25) is 0 Å². The average molecular weight is 522 g/mol. The largest absolute Gasteiger partial charge is 0.471 e. The number of H-pyrrole nitrogens is 1. The maximum absolute atomic E-state index is 11.2. The molecular formula is C21H37BrN4O4S. The van der Waals surface area contributed by atoms with Crippen LogP contribution in [-0.2, 0) is 14.3 Å². The number of aldehydes is 1. The molecule has 2 heterocycles. The Kier molecular flexibility index (Phi) is 26.8. The van der Waals surface area contributed by atoms with E-state index in [1.54, 1.807) is 19.2 Å². The molecule has 0 radical (unpaired) electrons. The van der Waals surface area contributed by atoms with E-state index >= 15 is 0 Å². The smallest absolute Gasteiger partial charge is 0.292 e. The number of aromatic amines is 1. The lowest BCUT2D eigenvalue weighted by Gasteiger charge is -2.01. The molecule has 0 bridgehead atoms. The topological polar surface area (TPSA) is 104 Å². The number of likely N-dealkylation sites (N-methyl/N-ethyl adjacent to an activating group) is 1. The number of ether oxygens (including phenoxy) is 1. The lowest BCUT2D eigenvalue weighted by Crippen LogP contribution is -2.10. The zero-order chi connectivity index (χ0) is 23.2. The van der Waals surface area contributed by atoms with Gasteiger partial charge in [-0.25, -0.2) is 4.98 Å². The standard InChI is InChI=1S/C8H5BrN2O.C5H11N.C3H7NO.C3H8.C2H4O2.H2S/c9-5-1-2-7-6(3-5)8(12)11-4-10-7;1-6-4-2-3-5-6;1-4-2-3-5;1-3-2;1-4-2-3;/h1-4H,(H,10,11,12);2-5H2,1H3;3-4H,2H2,1H3;3H2,1-2H3;2H,1H3;1H2. The molecule has 178 valence electrons. The second-order valence-corrected chi connectivity index (χ2v) is 7.08. The van der Waals surface area contributed by atoms with Gasteiger partial charge in [-0.1, -0.05) is 36.2 Å². The van der Waals surface area contributed by atoms with Gasteiger partial charge in [0.1, 0.15) is 6.29 Å². The molecule has 0 spiro atoms. The SMILES string of the molecule is CCC.CN1CCCC1.CNCC=O.COC=O.O=c1[nH]cnc2ccc(Br)cc12.S. The number of nitrogens with one attached hydrogen (secondary N) is 2. The molecule has 1 aromatic carbocycles. The molecule has 1 aromatic heterocycles. The summed E-state index contributed by atoms with van der Waals surface area (Å²) in [6.45, 7) is 7.72. The van der Waals surface area contributed by atoms with E-state index in [1.807, 2.05) is 6.07 Å². The van der Waals surface area contributed by atoms with Gasteiger partial charge in [0.05, 0.1) is 30.9 Å². The third-order valence-corrected chi connectivity index (χ3v) is 3.81. The number of carbonyl (C=O) groups excluding carboxylic acids is 2. The number of halogens is 1. The minimum Gasteiger partial charge on any atom is -0.471 e. The molecule has 10 heteroatoms. The highest BCUT2D eigenvalue weighted by Gasteiger charge is 2.03. The Morgan fingerprint density at radius 1 is 1.26 bits per heavy atom. The van der Waals surface area contributed by atoms with E-state index in [4.69, 9.17) is 4.79 Å².